The van der Waals surface area contributed by atoms with E-state index >= 15 is 0 Å². The summed E-state index contributed by atoms with van der Waals surface area (Å²) in [4.78, 5) is 0. The van der Waals surface area contributed by atoms with Crippen molar-refractivity contribution in [3.05, 3.63) is 30.3 Å². The molecular formula is C14H19N3OS. The molecule has 0 fully saturated rings. The maximum atomic E-state index is 5.97. The summed E-state index contributed by atoms with van der Waals surface area (Å²) in [5, 5.41) is 4.36. The summed E-state index contributed by atoms with van der Waals surface area (Å²) in [5.74, 6) is 0.572. The van der Waals surface area contributed by atoms with Gasteiger partial charge in [0.1, 0.15) is 10.8 Å². The predicted octanol–water partition coefficient (Wildman–Crippen LogP) is 3.23. The lowest BCUT2D eigenvalue weighted by Gasteiger charge is -2.13. The first-order valence-corrected chi connectivity index (χ1v) is 7.15. The molecule has 2 rings (SSSR count). The van der Waals surface area contributed by atoms with Crippen LogP contribution in [0.1, 0.15) is 13.8 Å². The Hall–Kier alpha value is -1.59. The molecule has 0 saturated carbocycles. The third-order valence-electron chi connectivity index (χ3n) is 2.78. The summed E-state index contributed by atoms with van der Waals surface area (Å²) < 4.78 is 9.74. The van der Waals surface area contributed by atoms with E-state index in [4.69, 9.17) is 10.5 Å². The highest BCUT2D eigenvalue weighted by Gasteiger charge is 2.13. The van der Waals surface area contributed by atoms with Gasteiger partial charge in [0.25, 0.3) is 0 Å². The van der Waals surface area contributed by atoms with Crippen molar-refractivity contribution in [1.82, 2.24) is 4.37 Å². The molecule has 0 spiro atoms. The van der Waals surface area contributed by atoms with Crippen LogP contribution in [-0.2, 0) is 4.74 Å². The van der Waals surface area contributed by atoms with E-state index < -0.39 is 0 Å². The number of benzene rings is 1. The van der Waals surface area contributed by atoms with Crippen molar-refractivity contribution in [3.8, 4) is 11.1 Å². The second kappa shape index (κ2) is 6.54. The summed E-state index contributed by atoms with van der Waals surface area (Å²) in [6, 6.07) is 10.1. The third-order valence-corrected chi connectivity index (χ3v) is 3.60. The van der Waals surface area contributed by atoms with Gasteiger partial charge in [0.15, 0.2) is 0 Å². The number of nitrogens with zero attached hydrogens (tertiary/aromatic N) is 1. The molecule has 1 atom stereocenters. The van der Waals surface area contributed by atoms with Crippen molar-refractivity contribution < 1.29 is 4.74 Å². The second-order valence-electron chi connectivity index (χ2n) is 4.28. The maximum absolute atomic E-state index is 5.97. The zero-order valence-corrected chi connectivity index (χ0v) is 12.0. The topological polar surface area (TPSA) is 60.2 Å². The van der Waals surface area contributed by atoms with Crippen LogP contribution in [-0.4, -0.2) is 23.6 Å². The van der Waals surface area contributed by atoms with Gasteiger partial charge in [-0.1, -0.05) is 30.3 Å². The molecule has 1 aromatic heterocycles. The lowest BCUT2D eigenvalue weighted by molar-refractivity contribution is 0.0856. The fraction of sp³-hybridized carbons (Fsp3) is 0.357. The Labute approximate surface area is 117 Å². The Morgan fingerprint density at radius 1 is 1.37 bits per heavy atom. The van der Waals surface area contributed by atoms with E-state index in [0.29, 0.717) is 5.82 Å². The van der Waals surface area contributed by atoms with Gasteiger partial charge in [-0.05, 0) is 30.9 Å². The van der Waals surface area contributed by atoms with Crippen molar-refractivity contribution in [2.45, 2.75) is 20.0 Å². The van der Waals surface area contributed by atoms with Gasteiger partial charge in [0.2, 0.25) is 0 Å². The number of nitrogen functional groups attached to an aromatic ring is 1. The highest BCUT2D eigenvalue weighted by Crippen LogP contribution is 2.36. The number of hydrogen-bond acceptors (Lipinski definition) is 5. The lowest BCUT2D eigenvalue weighted by Crippen LogP contribution is -2.19. The van der Waals surface area contributed by atoms with Crippen molar-refractivity contribution in [2.75, 3.05) is 24.2 Å². The molecule has 1 aromatic carbocycles. The summed E-state index contributed by atoms with van der Waals surface area (Å²) >= 11 is 1.39. The van der Waals surface area contributed by atoms with Gasteiger partial charge in [-0.3, -0.25) is 0 Å². The number of hydrogen-bond donors (Lipinski definition) is 2. The van der Waals surface area contributed by atoms with Crippen molar-refractivity contribution >= 4 is 22.4 Å². The van der Waals surface area contributed by atoms with Crippen LogP contribution in [0.15, 0.2) is 30.3 Å². The Morgan fingerprint density at radius 2 is 2.11 bits per heavy atom. The van der Waals surface area contributed by atoms with Gasteiger partial charge < -0.3 is 15.8 Å². The first-order valence-electron chi connectivity index (χ1n) is 6.38. The number of aromatic nitrogens is 1. The molecular weight excluding hydrogens is 258 g/mol. The molecule has 1 heterocycles. The minimum atomic E-state index is 0.164. The molecule has 0 aliphatic rings. The fourth-order valence-corrected chi connectivity index (χ4v) is 2.63. The van der Waals surface area contributed by atoms with Crippen molar-refractivity contribution in [3.63, 3.8) is 0 Å². The molecule has 0 amide bonds. The zero-order valence-electron chi connectivity index (χ0n) is 11.2. The Bertz CT molecular complexity index is 513. The standard InChI is InChI=1S/C14H19N3OS/c1-3-18-10(2)9-16-14-12(13(15)17-19-14)11-7-5-4-6-8-11/h4-8,10,16H,3,9H2,1-2H3,(H2,15,17). The van der Waals surface area contributed by atoms with Crippen LogP contribution >= 0.6 is 11.5 Å². The van der Waals surface area contributed by atoms with Crippen LogP contribution in [0.25, 0.3) is 11.1 Å². The quantitative estimate of drug-likeness (QED) is 0.851. The summed E-state index contributed by atoms with van der Waals surface area (Å²) in [6.45, 7) is 5.51. The minimum absolute atomic E-state index is 0.164. The highest BCUT2D eigenvalue weighted by molar-refractivity contribution is 7.11. The van der Waals surface area contributed by atoms with Gasteiger partial charge >= 0.3 is 0 Å². The van der Waals surface area contributed by atoms with Crippen LogP contribution in [0.4, 0.5) is 10.8 Å². The van der Waals surface area contributed by atoms with Gasteiger partial charge in [-0.15, -0.1) is 0 Å². The molecule has 0 radical (unpaired) electrons. The normalized spacial score (nSPS) is 12.3. The Morgan fingerprint density at radius 3 is 2.79 bits per heavy atom. The molecule has 102 valence electrons. The SMILES string of the molecule is CCOC(C)CNc1snc(N)c1-c1ccccc1. The van der Waals surface area contributed by atoms with E-state index in [9.17, 15) is 0 Å². The third kappa shape index (κ3) is 3.45. The van der Waals surface area contributed by atoms with E-state index in [1.54, 1.807) is 0 Å². The van der Waals surface area contributed by atoms with Crippen molar-refractivity contribution in [2.24, 2.45) is 0 Å². The maximum Gasteiger partial charge on any atom is 0.147 e. The van der Waals surface area contributed by atoms with E-state index in [2.05, 4.69) is 9.69 Å². The molecule has 0 aliphatic carbocycles. The van der Waals surface area contributed by atoms with Gasteiger partial charge in [0.05, 0.1) is 11.7 Å². The van der Waals surface area contributed by atoms with E-state index in [1.807, 2.05) is 44.2 Å². The second-order valence-corrected chi connectivity index (χ2v) is 5.06. The monoisotopic (exact) mass is 277 g/mol. The van der Waals surface area contributed by atoms with E-state index in [0.717, 1.165) is 29.3 Å². The number of nitrogens with one attached hydrogen (secondary N) is 1. The smallest absolute Gasteiger partial charge is 0.147 e. The summed E-state index contributed by atoms with van der Waals surface area (Å²) in [5.41, 5.74) is 8.03. The molecule has 1 unspecified atom stereocenters. The number of ether oxygens (including phenoxy) is 1. The van der Waals surface area contributed by atoms with Gasteiger partial charge in [-0.25, -0.2) is 0 Å². The first-order chi connectivity index (χ1) is 9.22. The lowest BCUT2D eigenvalue weighted by atomic mass is 10.1. The average molecular weight is 277 g/mol. The molecule has 2 aromatic rings. The zero-order chi connectivity index (χ0) is 13.7. The van der Waals surface area contributed by atoms with Crippen molar-refractivity contribution in [1.29, 1.82) is 0 Å². The molecule has 0 bridgehead atoms. The molecule has 5 heteroatoms. The number of rotatable bonds is 6. The van der Waals surface area contributed by atoms with Crippen LogP contribution in [0.2, 0.25) is 0 Å². The largest absolute Gasteiger partial charge is 0.382 e. The van der Waals surface area contributed by atoms with Crippen LogP contribution < -0.4 is 11.1 Å². The summed E-state index contributed by atoms with van der Waals surface area (Å²) in [6.07, 6.45) is 0.164. The van der Waals surface area contributed by atoms with E-state index in [1.165, 1.54) is 11.5 Å². The molecule has 0 saturated heterocycles. The summed E-state index contributed by atoms with van der Waals surface area (Å²) in [7, 11) is 0. The van der Waals surface area contributed by atoms with Crippen LogP contribution in [0.3, 0.4) is 0 Å². The molecule has 0 aliphatic heterocycles. The number of nitrogens with two attached hydrogens (primary N) is 1. The predicted molar refractivity (Wildman–Crippen MR) is 81.5 cm³/mol. The minimum Gasteiger partial charge on any atom is -0.382 e. The molecule has 4 nitrogen and oxygen atoms in total. The highest BCUT2D eigenvalue weighted by atomic mass is 32.1. The van der Waals surface area contributed by atoms with Gasteiger partial charge in [-0.2, -0.15) is 4.37 Å². The molecule has 19 heavy (non-hydrogen) atoms. The fourth-order valence-electron chi connectivity index (χ4n) is 1.89. The Kier molecular flexibility index (Phi) is 4.76. The Balaban J connectivity index is 2.14. The number of anilines is 2. The van der Waals surface area contributed by atoms with Crippen LogP contribution in [0.5, 0.6) is 0 Å². The van der Waals surface area contributed by atoms with Crippen LogP contribution in [0, 0.1) is 0 Å². The van der Waals surface area contributed by atoms with E-state index in [-0.39, 0.29) is 6.10 Å². The first kappa shape index (κ1) is 13.8. The molecule has 3 N–H and O–H groups in total. The van der Waals surface area contributed by atoms with Gasteiger partial charge in [0, 0.05) is 13.2 Å². The average Bonchev–Trinajstić information content (AvgIpc) is 2.79.